The maximum absolute atomic E-state index is 12.9. The molecule has 25 heavy (non-hydrogen) atoms. The minimum Gasteiger partial charge on any atom is -0.323 e. The van der Waals surface area contributed by atoms with E-state index in [0.29, 0.717) is 37.3 Å². The largest absolute Gasteiger partial charge is 0.323 e. The molecule has 2 aliphatic rings. The highest BCUT2D eigenvalue weighted by Gasteiger charge is 2.36. The minimum atomic E-state index is -3.45. The van der Waals surface area contributed by atoms with Gasteiger partial charge in [0.15, 0.2) is 0 Å². The number of piperidine rings is 1. The van der Waals surface area contributed by atoms with Crippen LogP contribution in [0.15, 0.2) is 24.3 Å². The Bertz CT molecular complexity index is 785. The topological polar surface area (TPSA) is 90.0 Å². The van der Waals surface area contributed by atoms with Gasteiger partial charge in [0.1, 0.15) is 6.54 Å². The Hall–Kier alpha value is -1.97. The van der Waals surface area contributed by atoms with Crippen LogP contribution in [0.4, 0.5) is 11.4 Å². The Balaban J connectivity index is 1.73. The zero-order valence-corrected chi connectivity index (χ0v) is 15.1. The van der Waals surface area contributed by atoms with Crippen molar-refractivity contribution in [3.8, 4) is 0 Å². The highest BCUT2D eigenvalue weighted by atomic mass is 32.2. The number of benzene rings is 1. The third-order valence-corrected chi connectivity index (χ3v) is 6.57. The van der Waals surface area contributed by atoms with E-state index in [0.717, 1.165) is 0 Å². The summed E-state index contributed by atoms with van der Waals surface area (Å²) in [5, 5.41) is 2.76. The fraction of sp³-hybridized carbons (Fsp3) is 0.500. The number of carbonyl (C=O) groups is 2. The number of rotatable bonds is 3. The first-order chi connectivity index (χ1) is 11.8. The fourth-order valence-corrected chi connectivity index (χ4v) is 4.35. The van der Waals surface area contributed by atoms with Gasteiger partial charge in [-0.15, -0.1) is 0 Å². The lowest BCUT2D eigenvalue weighted by atomic mass is 9.95. The lowest BCUT2D eigenvalue weighted by Gasteiger charge is -2.36. The number of fused-ring (bicyclic) bond motifs is 1. The summed E-state index contributed by atoms with van der Waals surface area (Å²) in [5.41, 5.74) is 1.31. The van der Waals surface area contributed by atoms with E-state index in [1.807, 2.05) is 6.07 Å². The van der Waals surface area contributed by atoms with Crippen LogP contribution in [0.3, 0.4) is 0 Å². The monoisotopic (exact) mass is 366 g/mol. The molecule has 1 saturated heterocycles. The SMILES string of the molecule is CN(C)S(=O)(=O)N1CCC(C(=O)N2CC(=O)Nc3ccccc32)CC1. The average Bonchev–Trinajstić information content (AvgIpc) is 2.60. The molecule has 1 aromatic carbocycles. The average molecular weight is 366 g/mol. The van der Waals surface area contributed by atoms with Gasteiger partial charge >= 0.3 is 0 Å². The third-order valence-electron chi connectivity index (χ3n) is 4.63. The Morgan fingerprint density at radius 3 is 2.48 bits per heavy atom. The molecule has 2 amide bonds. The first-order valence-corrected chi connectivity index (χ1v) is 9.58. The van der Waals surface area contributed by atoms with Crippen molar-refractivity contribution in [3.05, 3.63) is 24.3 Å². The Labute approximate surface area is 147 Å². The van der Waals surface area contributed by atoms with Crippen LogP contribution in [0.2, 0.25) is 0 Å². The number of nitrogens with zero attached hydrogens (tertiary/aromatic N) is 3. The van der Waals surface area contributed by atoms with Gasteiger partial charge in [0, 0.05) is 33.1 Å². The van der Waals surface area contributed by atoms with E-state index >= 15 is 0 Å². The normalized spacial score (nSPS) is 19.6. The Kier molecular flexibility index (Phi) is 4.81. The van der Waals surface area contributed by atoms with Gasteiger partial charge in [0.2, 0.25) is 11.8 Å². The second-order valence-electron chi connectivity index (χ2n) is 6.45. The lowest BCUT2D eigenvalue weighted by molar-refractivity contribution is -0.125. The van der Waals surface area contributed by atoms with Crippen LogP contribution >= 0.6 is 0 Å². The number of amides is 2. The van der Waals surface area contributed by atoms with E-state index in [2.05, 4.69) is 5.32 Å². The molecule has 136 valence electrons. The van der Waals surface area contributed by atoms with Crippen molar-refractivity contribution in [2.75, 3.05) is 43.9 Å². The van der Waals surface area contributed by atoms with E-state index in [1.165, 1.54) is 27.6 Å². The highest BCUT2D eigenvalue weighted by Crippen LogP contribution is 2.32. The standard InChI is InChI=1S/C16H22N4O4S/c1-18(2)25(23,24)19-9-7-12(8-10-19)16(22)20-11-15(21)17-13-5-3-4-6-14(13)20/h3-6,12H,7-11H2,1-2H3,(H,17,21). The molecule has 0 bridgehead atoms. The second kappa shape index (κ2) is 6.74. The summed E-state index contributed by atoms with van der Waals surface area (Å²) >= 11 is 0. The number of carbonyl (C=O) groups excluding carboxylic acids is 2. The van der Waals surface area contributed by atoms with Gasteiger partial charge < -0.3 is 10.2 Å². The van der Waals surface area contributed by atoms with Crippen LogP contribution < -0.4 is 10.2 Å². The summed E-state index contributed by atoms with van der Waals surface area (Å²) in [6, 6.07) is 7.19. The number of hydrogen-bond donors (Lipinski definition) is 1. The zero-order valence-electron chi connectivity index (χ0n) is 14.3. The van der Waals surface area contributed by atoms with E-state index in [-0.39, 0.29) is 24.3 Å². The molecule has 1 fully saturated rings. The van der Waals surface area contributed by atoms with Crippen LogP contribution in [0.5, 0.6) is 0 Å². The van der Waals surface area contributed by atoms with Crippen LogP contribution in [0, 0.1) is 5.92 Å². The Morgan fingerprint density at radius 1 is 1.20 bits per heavy atom. The molecule has 0 aromatic heterocycles. The second-order valence-corrected chi connectivity index (χ2v) is 8.60. The van der Waals surface area contributed by atoms with Gasteiger partial charge in [-0.3, -0.25) is 9.59 Å². The Morgan fingerprint density at radius 2 is 1.84 bits per heavy atom. The maximum atomic E-state index is 12.9. The number of hydrogen-bond acceptors (Lipinski definition) is 4. The molecule has 0 saturated carbocycles. The molecule has 9 heteroatoms. The molecule has 0 unspecified atom stereocenters. The van der Waals surface area contributed by atoms with Crippen LogP contribution in [0.25, 0.3) is 0 Å². The van der Waals surface area contributed by atoms with Gasteiger partial charge in [-0.05, 0) is 25.0 Å². The quantitative estimate of drug-likeness (QED) is 0.843. The lowest BCUT2D eigenvalue weighted by Crippen LogP contribution is -2.49. The smallest absolute Gasteiger partial charge is 0.281 e. The van der Waals surface area contributed by atoms with Crippen molar-refractivity contribution < 1.29 is 18.0 Å². The van der Waals surface area contributed by atoms with Crippen molar-refractivity contribution in [3.63, 3.8) is 0 Å². The van der Waals surface area contributed by atoms with E-state index in [1.54, 1.807) is 18.2 Å². The van der Waals surface area contributed by atoms with Gasteiger partial charge in [-0.25, -0.2) is 0 Å². The zero-order chi connectivity index (χ0) is 18.2. The molecule has 1 N–H and O–H groups in total. The summed E-state index contributed by atoms with van der Waals surface area (Å²) < 4.78 is 26.9. The van der Waals surface area contributed by atoms with E-state index in [9.17, 15) is 18.0 Å². The maximum Gasteiger partial charge on any atom is 0.281 e. The molecule has 1 aromatic rings. The van der Waals surface area contributed by atoms with Crippen molar-refractivity contribution >= 4 is 33.4 Å². The minimum absolute atomic E-state index is 0.00788. The van der Waals surface area contributed by atoms with Crippen LogP contribution in [-0.2, 0) is 19.8 Å². The van der Waals surface area contributed by atoms with Crippen LogP contribution in [-0.4, -0.2) is 62.6 Å². The van der Waals surface area contributed by atoms with Gasteiger partial charge in [-0.1, -0.05) is 12.1 Å². The van der Waals surface area contributed by atoms with Gasteiger partial charge in [0.05, 0.1) is 11.4 Å². The predicted molar refractivity (Wildman–Crippen MR) is 94.3 cm³/mol. The van der Waals surface area contributed by atoms with Crippen molar-refractivity contribution in [1.29, 1.82) is 0 Å². The fourth-order valence-electron chi connectivity index (χ4n) is 3.21. The highest BCUT2D eigenvalue weighted by molar-refractivity contribution is 7.86. The van der Waals surface area contributed by atoms with Crippen molar-refractivity contribution in [1.82, 2.24) is 8.61 Å². The van der Waals surface area contributed by atoms with Crippen LogP contribution in [0.1, 0.15) is 12.8 Å². The molecule has 0 radical (unpaired) electrons. The molecule has 0 aliphatic carbocycles. The van der Waals surface area contributed by atoms with Gasteiger partial charge in [0.25, 0.3) is 10.2 Å². The summed E-state index contributed by atoms with van der Waals surface area (Å²) in [4.78, 5) is 26.3. The van der Waals surface area contributed by atoms with Crippen molar-refractivity contribution in [2.45, 2.75) is 12.8 Å². The number of para-hydroxylation sites is 2. The summed E-state index contributed by atoms with van der Waals surface area (Å²) in [6.45, 7) is 0.600. The summed E-state index contributed by atoms with van der Waals surface area (Å²) in [6.07, 6.45) is 0.901. The molecule has 0 spiro atoms. The van der Waals surface area contributed by atoms with E-state index < -0.39 is 10.2 Å². The molecular weight excluding hydrogens is 344 g/mol. The van der Waals surface area contributed by atoms with E-state index in [4.69, 9.17) is 0 Å². The van der Waals surface area contributed by atoms with Gasteiger partial charge in [-0.2, -0.15) is 17.0 Å². The number of nitrogens with one attached hydrogen (secondary N) is 1. The molecule has 2 aliphatic heterocycles. The molecule has 0 atom stereocenters. The molecule has 2 heterocycles. The first-order valence-electron chi connectivity index (χ1n) is 8.18. The molecule has 8 nitrogen and oxygen atoms in total. The number of anilines is 2. The summed E-state index contributed by atoms with van der Waals surface area (Å²) in [5.74, 6) is -0.628. The third kappa shape index (κ3) is 3.39. The summed E-state index contributed by atoms with van der Waals surface area (Å²) in [7, 11) is -0.462. The van der Waals surface area contributed by atoms with Crippen molar-refractivity contribution in [2.24, 2.45) is 5.92 Å². The first kappa shape index (κ1) is 17.8. The molecular formula is C16H22N4O4S. The molecule has 3 rings (SSSR count). The predicted octanol–water partition coefficient (Wildman–Crippen LogP) is 0.490.